The van der Waals surface area contributed by atoms with Crippen molar-refractivity contribution in [3.05, 3.63) is 111 Å². The summed E-state index contributed by atoms with van der Waals surface area (Å²) >= 11 is 0. The maximum atomic E-state index is 8.83. The lowest BCUT2D eigenvalue weighted by atomic mass is 9.90. The summed E-state index contributed by atoms with van der Waals surface area (Å²) in [5.74, 6) is 7.71. The van der Waals surface area contributed by atoms with Crippen LogP contribution in [0.4, 0.5) is 0 Å². The molecular weight excluding hydrogens is 705 g/mol. The zero-order valence-electron chi connectivity index (χ0n) is 41.4. The van der Waals surface area contributed by atoms with Gasteiger partial charge in [0.15, 0.2) is 0 Å². The minimum absolute atomic E-state index is 0.0787. The van der Waals surface area contributed by atoms with Gasteiger partial charge in [-0.05, 0) is 123 Å². The summed E-state index contributed by atoms with van der Waals surface area (Å²) in [7, 11) is 0. The second-order valence-corrected chi connectivity index (χ2v) is 14.8. The van der Waals surface area contributed by atoms with Crippen molar-refractivity contribution in [3.8, 4) is 23.7 Å². The SMILES string of the molecule is C/C=C(C)\C(C#N)=C\C(C)(C)C.C=Cc1cc(C(=C/C)/C(C)=C(/C)C#CC)ccc1OC1CCN(Cc2cccc(C(C)C)c2CCC)CC1.CC.CC.CC.CC. The Morgan fingerprint density at radius 1 is 0.931 bits per heavy atom. The molecule has 1 fully saturated rings. The number of piperidine rings is 1. The van der Waals surface area contributed by atoms with Crippen LogP contribution in [0.1, 0.15) is 191 Å². The molecule has 0 aliphatic carbocycles. The van der Waals surface area contributed by atoms with E-state index in [2.05, 4.69) is 134 Å². The molecule has 0 radical (unpaired) electrons. The average molecular weight is 793 g/mol. The van der Waals surface area contributed by atoms with E-state index in [9.17, 15) is 0 Å². The number of allylic oxidation sites excluding steroid dienone is 8. The monoisotopic (exact) mass is 793 g/mol. The highest BCUT2D eigenvalue weighted by Gasteiger charge is 2.23. The number of nitriles is 1. The Labute approximate surface area is 361 Å². The third kappa shape index (κ3) is 21.1. The zero-order valence-corrected chi connectivity index (χ0v) is 41.4. The molecule has 0 unspecified atom stereocenters. The highest BCUT2D eigenvalue weighted by molar-refractivity contribution is 5.81. The van der Waals surface area contributed by atoms with E-state index in [0.29, 0.717) is 5.92 Å². The molecule has 3 rings (SSSR count). The largest absolute Gasteiger partial charge is 0.490 e. The van der Waals surface area contributed by atoms with E-state index < -0.39 is 0 Å². The molecule has 58 heavy (non-hydrogen) atoms. The van der Waals surface area contributed by atoms with Crippen molar-refractivity contribution in [2.24, 2.45) is 5.41 Å². The summed E-state index contributed by atoms with van der Waals surface area (Å²) in [4.78, 5) is 2.60. The summed E-state index contributed by atoms with van der Waals surface area (Å²) in [6, 6.07) is 15.6. The van der Waals surface area contributed by atoms with Crippen molar-refractivity contribution in [2.75, 3.05) is 13.1 Å². The smallest absolute Gasteiger partial charge is 0.126 e. The minimum atomic E-state index is 0.0787. The summed E-state index contributed by atoms with van der Waals surface area (Å²) in [6.45, 7) is 48.5. The fourth-order valence-corrected chi connectivity index (χ4v) is 6.39. The van der Waals surface area contributed by atoms with Crippen molar-refractivity contribution in [2.45, 2.75) is 183 Å². The first-order valence-corrected chi connectivity index (χ1v) is 22.5. The normalized spacial score (nSPS) is 13.6. The van der Waals surface area contributed by atoms with Gasteiger partial charge in [-0.2, -0.15) is 5.26 Å². The van der Waals surface area contributed by atoms with Crippen molar-refractivity contribution >= 4 is 11.6 Å². The molecule has 0 bridgehead atoms. The van der Waals surface area contributed by atoms with Crippen molar-refractivity contribution < 1.29 is 4.74 Å². The van der Waals surface area contributed by atoms with Gasteiger partial charge in [-0.25, -0.2) is 0 Å². The van der Waals surface area contributed by atoms with Gasteiger partial charge in [-0.15, -0.1) is 5.92 Å². The molecule has 1 heterocycles. The van der Waals surface area contributed by atoms with Crippen LogP contribution in [-0.2, 0) is 13.0 Å². The number of benzene rings is 2. The average Bonchev–Trinajstić information content (AvgIpc) is 3.24. The maximum Gasteiger partial charge on any atom is 0.126 e. The lowest BCUT2D eigenvalue weighted by Crippen LogP contribution is -2.38. The van der Waals surface area contributed by atoms with Gasteiger partial charge in [0.25, 0.3) is 0 Å². The van der Waals surface area contributed by atoms with Gasteiger partial charge in [0.1, 0.15) is 11.9 Å². The predicted molar refractivity (Wildman–Crippen MR) is 263 cm³/mol. The lowest BCUT2D eigenvalue weighted by Gasteiger charge is -2.33. The fourth-order valence-electron chi connectivity index (χ4n) is 6.39. The van der Waals surface area contributed by atoms with Crippen LogP contribution < -0.4 is 4.74 Å². The first-order valence-electron chi connectivity index (χ1n) is 22.5. The van der Waals surface area contributed by atoms with Crippen LogP contribution in [0.2, 0.25) is 0 Å². The molecule has 2 aromatic carbocycles. The molecule has 1 saturated heterocycles. The van der Waals surface area contributed by atoms with Gasteiger partial charge >= 0.3 is 0 Å². The first-order chi connectivity index (χ1) is 27.7. The van der Waals surface area contributed by atoms with E-state index in [4.69, 9.17) is 10.00 Å². The molecule has 1 aliphatic heterocycles. The standard InChI is InChI=1S/C36H47NO.C11H17N.4C2H6/c1-9-14-27(7)28(8)33(12-4)30-18-19-36(29(11-3)24-30)38-32-20-22-37(23-21-32)25-31-16-13-17-34(26(5)6)35(31)15-10-2;1-6-9(2)10(8-12)7-11(3,4)5;4*1-2/h11-13,16-19,24,26,32H,3,10,15,20-23,25H2,1-2,4-8H3;6-7H,1-5H3;4*1-2H3/b28-27-,33-12+;9-6-,10-7+;;;;. The number of hydrogen-bond donors (Lipinski definition) is 0. The molecule has 3 nitrogen and oxygen atoms in total. The second-order valence-electron chi connectivity index (χ2n) is 14.8. The molecule has 3 heteroatoms. The van der Waals surface area contributed by atoms with E-state index in [0.717, 1.165) is 60.5 Å². The molecule has 1 aliphatic rings. The molecular formula is C55H88N2O. The van der Waals surface area contributed by atoms with Crippen LogP contribution in [0.15, 0.2) is 83.5 Å². The van der Waals surface area contributed by atoms with Crippen molar-refractivity contribution in [1.82, 2.24) is 4.90 Å². The molecule has 0 spiro atoms. The lowest BCUT2D eigenvalue weighted by molar-refractivity contribution is 0.0965. The fraction of sp³-hybridized carbons (Fsp3) is 0.545. The van der Waals surface area contributed by atoms with E-state index in [1.165, 1.54) is 40.7 Å². The number of hydrogen-bond acceptors (Lipinski definition) is 3. The predicted octanol–water partition coefficient (Wildman–Crippen LogP) is 16.8. The third-order valence-electron chi connectivity index (χ3n) is 9.32. The maximum absolute atomic E-state index is 8.83. The van der Waals surface area contributed by atoms with Gasteiger partial charge in [0.2, 0.25) is 0 Å². The van der Waals surface area contributed by atoms with Gasteiger partial charge in [-0.3, -0.25) is 4.90 Å². The van der Waals surface area contributed by atoms with Gasteiger partial charge in [0.05, 0.1) is 11.6 Å². The number of rotatable bonds is 11. The minimum Gasteiger partial charge on any atom is -0.490 e. The quantitative estimate of drug-likeness (QED) is 0.129. The van der Waals surface area contributed by atoms with Crippen LogP contribution in [0, 0.1) is 28.6 Å². The Morgan fingerprint density at radius 2 is 1.52 bits per heavy atom. The molecule has 0 N–H and O–H groups in total. The number of nitrogens with zero attached hydrogens (tertiary/aromatic N) is 2. The van der Waals surface area contributed by atoms with E-state index in [-0.39, 0.29) is 11.5 Å². The second kappa shape index (κ2) is 33.9. The molecule has 324 valence electrons. The van der Waals surface area contributed by atoms with Crippen LogP contribution >= 0.6 is 0 Å². The molecule has 2 aromatic rings. The Hall–Kier alpha value is -4.05. The van der Waals surface area contributed by atoms with Gasteiger partial charge < -0.3 is 4.74 Å². The summed E-state index contributed by atoms with van der Waals surface area (Å²) in [5, 5.41) is 8.83. The van der Waals surface area contributed by atoms with E-state index in [1.807, 2.05) is 94.4 Å². The third-order valence-corrected chi connectivity index (χ3v) is 9.32. The summed E-state index contributed by atoms with van der Waals surface area (Å²) in [5.41, 5.74) is 12.2. The zero-order chi connectivity index (χ0) is 45.4. The first kappa shape index (κ1) is 58.3. The van der Waals surface area contributed by atoms with Crippen LogP contribution in [0.25, 0.3) is 11.6 Å². The van der Waals surface area contributed by atoms with Crippen LogP contribution in [0.5, 0.6) is 5.75 Å². The highest BCUT2D eigenvalue weighted by Crippen LogP contribution is 2.32. The highest BCUT2D eigenvalue weighted by atomic mass is 16.5. The van der Waals surface area contributed by atoms with E-state index in [1.54, 1.807) is 5.56 Å². The molecule has 0 amide bonds. The summed E-state index contributed by atoms with van der Waals surface area (Å²) < 4.78 is 6.55. The van der Waals surface area contributed by atoms with Gasteiger partial charge in [-0.1, -0.05) is 164 Å². The number of likely N-dealkylation sites (tertiary alicyclic amines) is 1. The Morgan fingerprint density at radius 3 is 1.97 bits per heavy atom. The van der Waals surface area contributed by atoms with Crippen LogP contribution in [-0.4, -0.2) is 24.1 Å². The van der Waals surface area contributed by atoms with Crippen LogP contribution in [0.3, 0.4) is 0 Å². The number of ether oxygens (including phenoxy) is 1. The topological polar surface area (TPSA) is 36.3 Å². The Balaban J connectivity index is -0.00000127. The van der Waals surface area contributed by atoms with Gasteiger partial charge in [0, 0.05) is 30.8 Å². The molecule has 0 atom stereocenters. The van der Waals surface area contributed by atoms with Crippen molar-refractivity contribution in [3.63, 3.8) is 0 Å². The van der Waals surface area contributed by atoms with Crippen molar-refractivity contribution in [1.29, 1.82) is 5.26 Å². The Bertz CT molecular complexity index is 1660. The van der Waals surface area contributed by atoms with E-state index >= 15 is 0 Å². The summed E-state index contributed by atoms with van der Waals surface area (Å²) in [6.07, 6.45) is 12.7. The molecule has 0 aromatic heterocycles. The molecule has 0 saturated carbocycles. The Kier molecular flexibility index (Phi) is 34.0.